The first-order valence-electron chi connectivity index (χ1n) is 13.2. The lowest BCUT2D eigenvalue weighted by Gasteiger charge is -2.26. The van der Waals surface area contributed by atoms with Crippen LogP contribution in [0.3, 0.4) is 0 Å². The molecule has 1 amide bonds. The normalized spacial score (nSPS) is 14.4. The first kappa shape index (κ1) is 25.4. The van der Waals surface area contributed by atoms with Crippen LogP contribution in [0.5, 0.6) is 11.5 Å². The van der Waals surface area contributed by atoms with Crippen molar-refractivity contribution in [1.29, 1.82) is 0 Å². The maximum absolute atomic E-state index is 14.0. The van der Waals surface area contributed by atoms with Crippen molar-refractivity contribution in [1.82, 2.24) is 4.90 Å². The number of methoxy groups -OCH3 is 1. The molecule has 6 nitrogen and oxygen atoms in total. The van der Waals surface area contributed by atoms with Crippen LogP contribution in [0.15, 0.2) is 100 Å². The molecule has 0 saturated carbocycles. The van der Waals surface area contributed by atoms with Crippen LogP contribution in [0.1, 0.15) is 50.0 Å². The summed E-state index contributed by atoms with van der Waals surface area (Å²) in [5.41, 5.74) is 5.11. The second kappa shape index (κ2) is 10.4. The number of hydrogen-bond donors (Lipinski definition) is 0. The molecule has 40 heavy (non-hydrogen) atoms. The number of fused-ring (bicyclic) bond motifs is 2. The van der Waals surface area contributed by atoms with Gasteiger partial charge in [0.1, 0.15) is 12.2 Å². The monoisotopic (exact) mass is 531 g/mol. The topological polar surface area (TPSA) is 69.0 Å². The molecular formula is C34H29NO5. The highest BCUT2D eigenvalue weighted by Crippen LogP contribution is 2.42. The summed E-state index contributed by atoms with van der Waals surface area (Å²) < 4.78 is 18.0. The van der Waals surface area contributed by atoms with E-state index in [-0.39, 0.29) is 17.1 Å². The maximum Gasteiger partial charge on any atom is 0.291 e. The van der Waals surface area contributed by atoms with Crippen LogP contribution in [-0.4, -0.2) is 17.9 Å². The van der Waals surface area contributed by atoms with Crippen molar-refractivity contribution in [3.63, 3.8) is 0 Å². The summed E-state index contributed by atoms with van der Waals surface area (Å²) in [6, 6.07) is 28.3. The number of carbonyl (C=O) groups excluding carboxylic acids is 1. The van der Waals surface area contributed by atoms with Crippen molar-refractivity contribution in [2.75, 3.05) is 7.11 Å². The van der Waals surface area contributed by atoms with Crippen LogP contribution in [0.2, 0.25) is 0 Å². The van der Waals surface area contributed by atoms with E-state index < -0.39 is 6.04 Å². The molecule has 1 atom stereocenters. The highest BCUT2D eigenvalue weighted by Gasteiger charge is 2.43. The van der Waals surface area contributed by atoms with Crippen LogP contribution in [0.25, 0.3) is 11.0 Å². The molecule has 2 heterocycles. The fourth-order valence-corrected chi connectivity index (χ4v) is 5.47. The second-order valence-electron chi connectivity index (χ2n) is 10.1. The molecule has 6 heteroatoms. The molecule has 0 fully saturated rings. The quantitative estimate of drug-likeness (QED) is 0.233. The Morgan fingerprint density at radius 3 is 2.23 bits per heavy atom. The molecule has 1 aromatic heterocycles. The van der Waals surface area contributed by atoms with Gasteiger partial charge in [0.25, 0.3) is 5.91 Å². The number of carbonyl (C=O) groups is 1. The zero-order chi connectivity index (χ0) is 27.8. The van der Waals surface area contributed by atoms with E-state index in [9.17, 15) is 9.59 Å². The van der Waals surface area contributed by atoms with E-state index in [1.165, 1.54) is 0 Å². The zero-order valence-corrected chi connectivity index (χ0v) is 22.6. The summed E-state index contributed by atoms with van der Waals surface area (Å²) in [7, 11) is 1.58. The van der Waals surface area contributed by atoms with Gasteiger partial charge in [-0.3, -0.25) is 9.59 Å². The van der Waals surface area contributed by atoms with E-state index in [0.717, 1.165) is 27.8 Å². The Kier molecular flexibility index (Phi) is 6.60. The smallest absolute Gasteiger partial charge is 0.291 e. The van der Waals surface area contributed by atoms with E-state index >= 15 is 0 Å². The first-order valence-corrected chi connectivity index (χ1v) is 13.2. The van der Waals surface area contributed by atoms with E-state index in [4.69, 9.17) is 13.9 Å². The number of benzene rings is 4. The van der Waals surface area contributed by atoms with Gasteiger partial charge in [-0.25, -0.2) is 0 Å². The van der Waals surface area contributed by atoms with E-state index in [2.05, 4.69) is 0 Å². The van der Waals surface area contributed by atoms with Gasteiger partial charge in [-0.1, -0.05) is 72.8 Å². The van der Waals surface area contributed by atoms with Gasteiger partial charge in [-0.2, -0.15) is 0 Å². The second-order valence-corrected chi connectivity index (χ2v) is 10.1. The summed E-state index contributed by atoms with van der Waals surface area (Å²) in [5, 5.41) is 0.477. The van der Waals surface area contributed by atoms with Crippen molar-refractivity contribution >= 4 is 16.9 Å². The van der Waals surface area contributed by atoms with Crippen LogP contribution in [-0.2, 0) is 13.2 Å². The van der Waals surface area contributed by atoms with Crippen molar-refractivity contribution < 1.29 is 18.7 Å². The van der Waals surface area contributed by atoms with Gasteiger partial charge in [0.15, 0.2) is 16.9 Å². The number of aryl methyl sites for hydroxylation is 2. The molecular weight excluding hydrogens is 502 g/mol. The van der Waals surface area contributed by atoms with Gasteiger partial charge >= 0.3 is 0 Å². The Morgan fingerprint density at radius 1 is 0.825 bits per heavy atom. The Balaban J connectivity index is 1.47. The average molecular weight is 532 g/mol. The molecule has 4 aromatic carbocycles. The lowest BCUT2D eigenvalue weighted by atomic mass is 9.96. The largest absolute Gasteiger partial charge is 0.493 e. The molecule has 1 unspecified atom stereocenters. The number of nitrogens with zero attached hydrogens (tertiary/aromatic N) is 1. The van der Waals surface area contributed by atoms with Gasteiger partial charge in [-0.15, -0.1) is 0 Å². The van der Waals surface area contributed by atoms with Gasteiger partial charge < -0.3 is 18.8 Å². The number of rotatable bonds is 7. The fraction of sp³-hybridized carbons (Fsp3) is 0.176. The molecule has 0 spiro atoms. The third-order valence-electron chi connectivity index (χ3n) is 7.33. The lowest BCUT2D eigenvalue weighted by Crippen LogP contribution is -2.29. The molecule has 200 valence electrons. The molecule has 0 N–H and O–H groups in total. The first-order chi connectivity index (χ1) is 19.4. The summed E-state index contributed by atoms with van der Waals surface area (Å²) in [6.07, 6.45) is 0. The Labute approximate surface area is 232 Å². The van der Waals surface area contributed by atoms with Crippen molar-refractivity contribution in [3.8, 4) is 11.5 Å². The Bertz CT molecular complexity index is 1780. The number of ether oxygens (including phenoxy) is 2. The van der Waals surface area contributed by atoms with Gasteiger partial charge in [-0.05, 0) is 59.9 Å². The molecule has 5 aromatic rings. The standard InChI is InChI=1S/C34H29NO5/c1-21-16-22(2)32-26(17-21)31(36)29-30(35(34(37)33(29)40-32)19-23-10-6-4-7-11-23)25-14-15-27(28(18-25)38-3)39-20-24-12-8-5-9-13-24/h4-18,30H,19-20H2,1-3H3. The highest BCUT2D eigenvalue weighted by molar-refractivity contribution is 5.99. The lowest BCUT2D eigenvalue weighted by molar-refractivity contribution is 0.0714. The molecule has 0 radical (unpaired) electrons. The molecule has 0 aliphatic carbocycles. The highest BCUT2D eigenvalue weighted by atomic mass is 16.5. The van der Waals surface area contributed by atoms with Crippen LogP contribution in [0, 0.1) is 13.8 Å². The van der Waals surface area contributed by atoms with Gasteiger partial charge in [0.05, 0.1) is 24.1 Å². The minimum atomic E-state index is -0.652. The van der Waals surface area contributed by atoms with E-state index in [1.54, 1.807) is 12.0 Å². The van der Waals surface area contributed by atoms with Crippen molar-refractivity contribution in [3.05, 3.63) is 140 Å². The molecule has 0 bridgehead atoms. The zero-order valence-electron chi connectivity index (χ0n) is 22.6. The number of amides is 1. The summed E-state index contributed by atoms with van der Waals surface area (Å²) in [5.74, 6) is 0.872. The fourth-order valence-electron chi connectivity index (χ4n) is 5.47. The van der Waals surface area contributed by atoms with Crippen molar-refractivity contribution in [2.45, 2.75) is 33.0 Å². The summed E-state index contributed by atoms with van der Waals surface area (Å²) >= 11 is 0. The van der Waals surface area contributed by atoms with Crippen LogP contribution < -0.4 is 14.9 Å². The SMILES string of the molecule is COc1cc(C2c3c(oc4c(C)cc(C)cc4c3=O)C(=O)N2Cc2ccccc2)ccc1OCc1ccccc1. The third-order valence-corrected chi connectivity index (χ3v) is 7.33. The minimum Gasteiger partial charge on any atom is -0.493 e. The van der Waals surface area contributed by atoms with Crippen LogP contribution >= 0.6 is 0 Å². The third kappa shape index (κ3) is 4.51. The molecule has 6 rings (SSSR count). The van der Waals surface area contributed by atoms with Crippen LogP contribution in [0.4, 0.5) is 0 Å². The minimum absolute atomic E-state index is 0.0914. The average Bonchev–Trinajstić information content (AvgIpc) is 3.24. The predicted molar refractivity (Wildman–Crippen MR) is 154 cm³/mol. The Hall–Kier alpha value is -4.84. The van der Waals surface area contributed by atoms with Gasteiger partial charge in [0.2, 0.25) is 5.76 Å². The number of hydrogen-bond acceptors (Lipinski definition) is 5. The molecule has 0 saturated heterocycles. The van der Waals surface area contributed by atoms with E-state index in [1.807, 2.05) is 105 Å². The van der Waals surface area contributed by atoms with Gasteiger partial charge in [0, 0.05) is 6.54 Å². The summed E-state index contributed by atoms with van der Waals surface area (Å²) in [4.78, 5) is 29.6. The maximum atomic E-state index is 14.0. The predicted octanol–water partition coefficient (Wildman–Crippen LogP) is 6.74. The van der Waals surface area contributed by atoms with Crippen molar-refractivity contribution in [2.24, 2.45) is 0 Å². The summed E-state index contributed by atoms with van der Waals surface area (Å²) in [6.45, 7) is 4.54. The molecule has 1 aliphatic rings. The van der Waals surface area contributed by atoms with E-state index in [0.29, 0.717) is 41.2 Å². The Morgan fingerprint density at radius 2 is 1.52 bits per heavy atom. The molecule has 1 aliphatic heterocycles.